The molecule has 0 radical (unpaired) electrons. The van der Waals surface area contributed by atoms with Crippen LogP contribution in [0.1, 0.15) is 6.42 Å². The third-order valence-electron chi connectivity index (χ3n) is 1.84. The molecule has 0 aromatic rings. The van der Waals surface area contributed by atoms with Gasteiger partial charge in [0.2, 0.25) is 11.8 Å². The van der Waals surface area contributed by atoms with E-state index in [1.54, 1.807) is 0 Å². The highest BCUT2D eigenvalue weighted by Crippen LogP contribution is 1.91. The molecule has 0 bridgehead atoms. The number of carbonyl (C=O) groups excluding carboxylic acids is 2. The van der Waals surface area contributed by atoms with Crippen molar-refractivity contribution in [2.75, 3.05) is 33.4 Å². The van der Waals surface area contributed by atoms with Crippen molar-refractivity contribution >= 4 is 11.8 Å². The molecule has 0 aromatic heterocycles. The molecule has 0 fully saturated rings. The van der Waals surface area contributed by atoms with E-state index < -0.39 is 0 Å². The monoisotopic (exact) mass is 233 g/mol. The van der Waals surface area contributed by atoms with Crippen LogP contribution in [0.2, 0.25) is 0 Å². The maximum atomic E-state index is 11.3. The second-order valence-corrected chi connectivity index (χ2v) is 3.21. The Labute approximate surface area is 94.3 Å². The minimum atomic E-state index is -0.388. The molecule has 0 aliphatic rings. The molecule has 0 saturated heterocycles. The highest BCUT2D eigenvalue weighted by atomic mass is 16.5. The summed E-state index contributed by atoms with van der Waals surface area (Å²) in [5, 5.41) is 13.7. The van der Waals surface area contributed by atoms with Crippen LogP contribution in [-0.4, -0.2) is 56.4 Å². The Balaban J connectivity index is 3.85. The summed E-state index contributed by atoms with van der Waals surface area (Å²) in [5.74, 6) is -0.724. The topological polar surface area (TPSA) is 114 Å². The molecule has 16 heavy (non-hydrogen) atoms. The zero-order chi connectivity index (χ0) is 12.4. The maximum absolute atomic E-state index is 11.3. The largest absolute Gasteiger partial charge is 0.396 e. The molecule has 0 aromatic carbocycles. The predicted octanol–water partition coefficient (Wildman–Crippen LogP) is -2.43. The van der Waals surface area contributed by atoms with Crippen molar-refractivity contribution in [1.29, 1.82) is 0 Å². The number of ether oxygens (including phenoxy) is 1. The first kappa shape index (κ1) is 14.8. The number of methoxy groups -OCH3 is 1. The molecule has 0 rings (SSSR count). The first-order valence-electron chi connectivity index (χ1n) is 5.00. The highest BCUT2D eigenvalue weighted by molar-refractivity contribution is 5.85. The maximum Gasteiger partial charge on any atom is 0.239 e. The van der Waals surface area contributed by atoms with Crippen LogP contribution in [0.25, 0.3) is 0 Å². The van der Waals surface area contributed by atoms with E-state index in [1.807, 2.05) is 0 Å². The summed E-state index contributed by atoms with van der Waals surface area (Å²) in [6.45, 7) is 0.00764. The second-order valence-electron chi connectivity index (χ2n) is 3.21. The van der Waals surface area contributed by atoms with Gasteiger partial charge in [-0.15, -0.1) is 0 Å². The number of nitrogens with one attached hydrogen (secondary N) is 2. The molecular formula is C9H19N3O4. The summed E-state index contributed by atoms with van der Waals surface area (Å²) < 4.78 is 4.87. The van der Waals surface area contributed by atoms with E-state index in [0.29, 0.717) is 13.0 Å². The number of aliphatic hydroxyl groups excluding tert-OH is 1. The number of carbonyl (C=O) groups is 2. The average molecular weight is 233 g/mol. The van der Waals surface area contributed by atoms with Gasteiger partial charge in [-0.05, 0) is 6.42 Å². The fraction of sp³-hybridized carbons (Fsp3) is 0.778. The van der Waals surface area contributed by atoms with Gasteiger partial charge in [0, 0.05) is 13.7 Å². The molecule has 7 heteroatoms. The van der Waals surface area contributed by atoms with E-state index in [2.05, 4.69) is 10.6 Å². The molecule has 0 heterocycles. The fourth-order valence-corrected chi connectivity index (χ4v) is 1.08. The van der Waals surface area contributed by atoms with Crippen LogP contribution < -0.4 is 16.4 Å². The molecule has 2 amide bonds. The van der Waals surface area contributed by atoms with Crippen LogP contribution in [0.3, 0.4) is 0 Å². The zero-order valence-electron chi connectivity index (χ0n) is 9.36. The minimum absolute atomic E-state index is 0.0382. The van der Waals surface area contributed by atoms with Crippen molar-refractivity contribution in [3.63, 3.8) is 0 Å². The zero-order valence-corrected chi connectivity index (χ0v) is 9.36. The van der Waals surface area contributed by atoms with Crippen molar-refractivity contribution in [2.45, 2.75) is 12.5 Å². The highest BCUT2D eigenvalue weighted by Gasteiger charge is 2.11. The summed E-state index contributed by atoms with van der Waals surface area (Å²) in [7, 11) is 1.51. The van der Waals surface area contributed by atoms with Gasteiger partial charge in [-0.3, -0.25) is 9.59 Å². The van der Waals surface area contributed by atoms with Crippen molar-refractivity contribution in [1.82, 2.24) is 10.6 Å². The summed E-state index contributed by atoms with van der Waals surface area (Å²) in [6.07, 6.45) is 0.407. The van der Waals surface area contributed by atoms with Crippen LogP contribution in [0, 0.1) is 0 Å². The standard InChI is InChI=1S/C9H19N3O4/c1-16-6-7(2-3-13)12-9(15)5-11-8(14)4-10/h7,13H,2-6,10H2,1H3,(H,11,14)(H,12,15). The molecule has 7 nitrogen and oxygen atoms in total. The first-order chi connectivity index (χ1) is 7.63. The van der Waals surface area contributed by atoms with Crippen molar-refractivity contribution in [3.05, 3.63) is 0 Å². The summed E-state index contributed by atoms with van der Waals surface area (Å²) in [4.78, 5) is 22.1. The van der Waals surface area contributed by atoms with Gasteiger partial charge in [-0.25, -0.2) is 0 Å². The van der Waals surface area contributed by atoms with Crippen LogP contribution in [0.15, 0.2) is 0 Å². The number of hydrogen-bond donors (Lipinski definition) is 4. The van der Waals surface area contributed by atoms with E-state index in [0.717, 1.165) is 0 Å². The van der Waals surface area contributed by atoms with E-state index in [1.165, 1.54) is 7.11 Å². The van der Waals surface area contributed by atoms with Gasteiger partial charge in [0.25, 0.3) is 0 Å². The number of hydrogen-bond acceptors (Lipinski definition) is 5. The number of rotatable bonds is 8. The average Bonchev–Trinajstić information content (AvgIpc) is 2.26. The Hall–Kier alpha value is -1.18. The molecule has 0 spiro atoms. The van der Waals surface area contributed by atoms with Crippen molar-refractivity contribution < 1.29 is 19.4 Å². The lowest BCUT2D eigenvalue weighted by atomic mass is 10.2. The SMILES string of the molecule is COCC(CCO)NC(=O)CNC(=O)CN. The molecule has 5 N–H and O–H groups in total. The summed E-state index contributed by atoms with van der Waals surface area (Å²) in [6, 6.07) is -0.253. The molecule has 0 aliphatic heterocycles. The van der Waals surface area contributed by atoms with Gasteiger partial charge in [0.15, 0.2) is 0 Å². The first-order valence-corrected chi connectivity index (χ1v) is 5.00. The third-order valence-corrected chi connectivity index (χ3v) is 1.84. The molecule has 0 aliphatic carbocycles. The predicted molar refractivity (Wildman–Crippen MR) is 57.6 cm³/mol. The molecular weight excluding hydrogens is 214 g/mol. The fourth-order valence-electron chi connectivity index (χ4n) is 1.08. The lowest BCUT2D eigenvalue weighted by molar-refractivity contribution is -0.126. The Morgan fingerprint density at radius 1 is 1.44 bits per heavy atom. The van der Waals surface area contributed by atoms with Gasteiger partial charge < -0.3 is 26.2 Å². The van der Waals surface area contributed by atoms with Crippen LogP contribution in [0.5, 0.6) is 0 Å². The van der Waals surface area contributed by atoms with Crippen molar-refractivity contribution in [2.24, 2.45) is 5.73 Å². The van der Waals surface area contributed by atoms with E-state index in [9.17, 15) is 9.59 Å². The van der Waals surface area contributed by atoms with Crippen LogP contribution >= 0.6 is 0 Å². The second kappa shape index (κ2) is 9.08. The smallest absolute Gasteiger partial charge is 0.239 e. The molecule has 94 valence electrons. The van der Waals surface area contributed by atoms with Crippen LogP contribution in [-0.2, 0) is 14.3 Å². The summed E-state index contributed by atoms with van der Waals surface area (Å²) in [5.41, 5.74) is 5.06. The Morgan fingerprint density at radius 3 is 2.62 bits per heavy atom. The minimum Gasteiger partial charge on any atom is -0.396 e. The van der Waals surface area contributed by atoms with E-state index in [-0.39, 0.29) is 37.6 Å². The van der Waals surface area contributed by atoms with Crippen molar-refractivity contribution in [3.8, 4) is 0 Å². The van der Waals surface area contributed by atoms with Gasteiger partial charge >= 0.3 is 0 Å². The summed E-state index contributed by atoms with van der Waals surface area (Å²) >= 11 is 0. The number of amides is 2. The Morgan fingerprint density at radius 2 is 2.12 bits per heavy atom. The van der Waals surface area contributed by atoms with E-state index >= 15 is 0 Å². The molecule has 1 unspecified atom stereocenters. The lowest BCUT2D eigenvalue weighted by Crippen LogP contribution is -2.45. The quantitative estimate of drug-likeness (QED) is 0.372. The number of aliphatic hydroxyl groups is 1. The lowest BCUT2D eigenvalue weighted by Gasteiger charge is -2.16. The Kier molecular flexibility index (Phi) is 8.41. The molecule has 0 saturated carbocycles. The number of nitrogens with two attached hydrogens (primary N) is 1. The third kappa shape index (κ3) is 7.16. The van der Waals surface area contributed by atoms with Gasteiger partial charge in [0.05, 0.1) is 25.7 Å². The van der Waals surface area contributed by atoms with Crippen LogP contribution in [0.4, 0.5) is 0 Å². The Bertz CT molecular complexity index is 217. The van der Waals surface area contributed by atoms with Gasteiger partial charge in [-0.1, -0.05) is 0 Å². The van der Waals surface area contributed by atoms with E-state index in [4.69, 9.17) is 15.6 Å². The normalized spacial score (nSPS) is 11.9. The molecule has 1 atom stereocenters. The van der Waals surface area contributed by atoms with Gasteiger partial charge in [0.1, 0.15) is 0 Å². The van der Waals surface area contributed by atoms with Gasteiger partial charge in [-0.2, -0.15) is 0 Å².